The predicted molar refractivity (Wildman–Crippen MR) is 120 cm³/mol. The molecule has 1 N–H and O–H groups in total. The smallest absolute Gasteiger partial charge is 0.349 e. The van der Waals surface area contributed by atoms with Crippen LogP contribution in [0.2, 0.25) is 0 Å². The average molecular weight is 477 g/mol. The van der Waals surface area contributed by atoms with Crippen LogP contribution in [-0.2, 0) is 15.7 Å². The highest BCUT2D eigenvalue weighted by molar-refractivity contribution is 5.28. The zero-order valence-electron chi connectivity index (χ0n) is 19.1. The summed E-state index contributed by atoms with van der Waals surface area (Å²) in [7, 11) is 0. The minimum Gasteiger partial charge on any atom is -0.349 e. The van der Waals surface area contributed by atoms with Gasteiger partial charge in [0.15, 0.2) is 6.29 Å². The van der Waals surface area contributed by atoms with Gasteiger partial charge in [0.1, 0.15) is 5.82 Å². The number of alkyl halides is 3. The van der Waals surface area contributed by atoms with Crippen LogP contribution in [0.4, 0.5) is 17.6 Å². The Morgan fingerprint density at radius 3 is 2.53 bits per heavy atom. The maximum atomic E-state index is 13.7. The molecule has 0 aromatic heterocycles. The summed E-state index contributed by atoms with van der Waals surface area (Å²) in [6.45, 7) is 5.40. The summed E-state index contributed by atoms with van der Waals surface area (Å²) in [6, 6.07) is 11.0. The number of nitrogens with one attached hydrogen (secondary N) is 1. The number of ether oxygens (including phenoxy) is 2. The summed E-state index contributed by atoms with van der Waals surface area (Å²) in [5.41, 5.74) is 0.472. The van der Waals surface area contributed by atoms with Crippen molar-refractivity contribution in [2.45, 2.75) is 57.0 Å². The number of hydrogen-bond donors (Lipinski definition) is 1. The minimum absolute atomic E-state index is 0.104. The molecule has 5 atom stereocenters. The first-order valence-corrected chi connectivity index (χ1v) is 11.4. The molecular weight excluding hydrogens is 448 g/mol. The van der Waals surface area contributed by atoms with Gasteiger partial charge in [-0.25, -0.2) is 4.39 Å². The third-order valence-corrected chi connectivity index (χ3v) is 6.37. The van der Waals surface area contributed by atoms with Crippen LogP contribution in [0.5, 0.6) is 0 Å². The Bertz CT molecular complexity index is 1030. The fourth-order valence-corrected chi connectivity index (χ4v) is 4.49. The number of halogens is 4. The lowest BCUT2D eigenvalue weighted by Gasteiger charge is -2.48. The molecule has 2 heterocycles. The first-order chi connectivity index (χ1) is 16.3. The first kappa shape index (κ1) is 24.7. The zero-order chi connectivity index (χ0) is 24.3. The van der Waals surface area contributed by atoms with Crippen LogP contribution in [0.15, 0.2) is 48.5 Å². The third-order valence-electron chi connectivity index (χ3n) is 6.37. The molecule has 34 heavy (non-hydrogen) atoms. The van der Waals surface area contributed by atoms with Crippen molar-refractivity contribution in [2.24, 2.45) is 0 Å². The lowest BCUT2D eigenvalue weighted by molar-refractivity contribution is -0.234. The Morgan fingerprint density at radius 2 is 1.91 bits per heavy atom. The van der Waals surface area contributed by atoms with Gasteiger partial charge in [-0.3, -0.25) is 4.90 Å². The van der Waals surface area contributed by atoms with Crippen LogP contribution in [0.3, 0.4) is 0 Å². The molecule has 8 heteroatoms. The van der Waals surface area contributed by atoms with E-state index in [-0.39, 0.29) is 17.9 Å². The summed E-state index contributed by atoms with van der Waals surface area (Å²) < 4.78 is 65.6. The molecule has 0 saturated carbocycles. The van der Waals surface area contributed by atoms with E-state index < -0.39 is 30.2 Å². The van der Waals surface area contributed by atoms with E-state index in [2.05, 4.69) is 22.1 Å². The summed E-state index contributed by atoms with van der Waals surface area (Å²) in [6.07, 6.45) is -4.89. The van der Waals surface area contributed by atoms with Crippen molar-refractivity contribution in [3.8, 4) is 11.8 Å². The molecule has 2 aliphatic rings. The van der Waals surface area contributed by atoms with Gasteiger partial charge in [0, 0.05) is 12.6 Å². The Labute approximate surface area is 197 Å². The number of rotatable bonds is 6. The van der Waals surface area contributed by atoms with Crippen LogP contribution < -0.4 is 5.32 Å². The second-order valence-corrected chi connectivity index (χ2v) is 8.56. The normalized spacial score (nSPS) is 25.1. The molecular formula is C26H28F4N2O2. The third kappa shape index (κ3) is 5.44. The summed E-state index contributed by atoms with van der Waals surface area (Å²) >= 11 is 0. The van der Waals surface area contributed by atoms with Gasteiger partial charge < -0.3 is 14.8 Å². The zero-order valence-corrected chi connectivity index (χ0v) is 19.1. The van der Waals surface area contributed by atoms with Crippen molar-refractivity contribution in [2.75, 3.05) is 19.7 Å². The number of benzene rings is 2. The van der Waals surface area contributed by atoms with Gasteiger partial charge in [0.2, 0.25) is 0 Å². The van der Waals surface area contributed by atoms with Gasteiger partial charge in [-0.2, -0.15) is 13.2 Å². The molecule has 2 aromatic carbocycles. The number of morpholine rings is 1. The predicted octanol–water partition coefficient (Wildman–Crippen LogP) is 5.08. The Balaban J connectivity index is 1.64. The molecule has 0 radical (unpaired) electrons. The summed E-state index contributed by atoms with van der Waals surface area (Å²) in [5.74, 6) is 5.96. The fourth-order valence-electron chi connectivity index (χ4n) is 4.49. The molecule has 2 aliphatic heterocycles. The summed E-state index contributed by atoms with van der Waals surface area (Å²) in [4.78, 5) is 2.20. The number of hydrogen-bond acceptors (Lipinski definition) is 4. The molecule has 0 bridgehead atoms. The fraction of sp³-hybridized carbons (Fsp3) is 0.462. The van der Waals surface area contributed by atoms with E-state index >= 15 is 0 Å². The SMILES string of the molecule is CC#CC(C1CCN1)N1CCOC(O[C@H](C)c2cccc(C(F)(F)F)c2)C1c1ccc(F)cc1. The standard InChI is InChI=1S/C26H28F4N2O2/c1-3-5-23(22-12-13-31-22)32-14-15-33-25(24(32)18-8-10-21(27)11-9-18)34-17(2)19-6-4-7-20(16-19)26(28,29)30/h4,6-11,16-17,22-25,31H,12-15H2,1-2H3/t17-,22?,23?,24?,25?/m1/s1. The van der Waals surface area contributed by atoms with Crippen molar-refractivity contribution in [1.29, 1.82) is 0 Å². The van der Waals surface area contributed by atoms with Crippen molar-refractivity contribution < 1.29 is 27.0 Å². The van der Waals surface area contributed by atoms with E-state index in [0.29, 0.717) is 18.7 Å². The Hall–Kier alpha value is -2.44. The quantitative estimate of drug-likeness (QED) is 0.466. The van der Waals surface area contributed by atoms with E-state index in [4.69, 9.17) is 9.47 Å². The molecule has 4 unspecified atom stereocenters. The van der Waals surface area contributed by atoms with E-state index in [1.54, 1.807) is 32.0 Å². The van der Waals surface area contributed by atoms with Crippen molar-refractivity contribution in [3.05, 3.63) is 71.0 Å². The van der Waals surface area contributed by atoms with Crippen LogP contribution >= 0.6 is 0 Å². The highest BCUT2D eigenvalue weighted by Gasteiger charge is 2.42. The molecule has 4 nitrogen and oxygen atoms in total. The molecule has 182 valence electrons. The molecule has 0 aliphatic carbocycles. The van der Waals surface area contributed by atoms with Gasteiger partial charge in [-0.05, 0) is 62.2 Å². The van der Waals surface area contributed by atoms with Crippen molar-refractivity contribution in [3.63, 3.8) is 0 Å². The maximum absolute atomic E-state index is 13.7. The second kappa shape index (κ2) is 10.4. The first-order valence-electron chi connectivity index (χ1n) is 11.4. The highest BCUT2D eigenvalue weighted by atomic mass is 19.4. The van der Waals surface area contributed by atoms with Gasteiger partial charge in [0.05, 0.1) is 30.4 Å². The molecule has 0 amide bonds. The van der Waals surface area contributed by atoms with Gasteiger partial charge in [0.25, 0.3) is 0 Å². The number of nitrogens with zero attached hydrogens (tertiary/aromatic N) is 1. The average Bonchev–Trinajstić information content (AvgIpc) is 2.78. The van der Waals surface area contributed by atoms with E-state index in [1.165, 1.54) is 18.2 Å². The molecule has 2 fully saturated rings. The molecule has 4 rings (SSSR count). The Kier molecular flexibility index (Phi) is 7.58. The van der Waals surface area contributed by atoms with Crippen LogP contribution in [0, 0.1) is 17.7 Å². The molecule has 0 spiro atoms. The van der Waals surface area contributed by atoms with Crippen LogP contribution in [-0.4, -0.2) is 43.0 Å². The molecule has 2 saturated heterocycles. The van der Waals surface area contributed by atoms with E-state index in [0.717, 1.165) is 30.7 Å². The van der Waals surface area contributed by atoms with Crippen LogP contribution in [0.25, 0.3) is 0 Å². The van der Waals surface area contributed by atoms with Crippen molar-refractivity contribution in [1.82, 2.24) is 10.2 Å². The largest absolute Gasteiger partial charge is 0.416 e. The van der Waals surface area contributed by atoms with Gasteiger partial charge in [-0.1, -0.05) is 30.2 Å². The van der Waals surface area contributed by atoms with Crippen LogP contribution in [0.1, 0.15) is 49.1 Å². The summed E-state index contributed by atoms with van der Waals surface area (Å²) in [5, 5.41) is 3.42. The highest BCUT2D eigenvalue weighted by Crippen LogP contribution is 2.37. The lowest BCUT2D eigenvalue weighted by Crippen LogP contribution is -2.61. The second-order valence-electron chi connectivity index (χ2n) is 8.56. The Morgan fingerprint density at radius 1 is 1.18 bits per heavy atom. The monoisotopic (exact) mass is 476 g/mol. The van der Waals surface area contributed by atoms with E-state index in [9.17, 15) is 17.6 Å². The lowest BCUT2D eigenvalue weighted by atomic mass is 9.93. The molecule has 2 aromatic rings. The van der Waals surface area contributed by atoms with Gasteiger partial charge >= 0.3 is 6.18 Å². The topological polar surface area (TPSA) is 33.7 Å². The van der Waals surface area contributed by atoms with Crippen molar-refractivity contribution >= 4 is 0 Å². The maximum Gasteiger partial charge on any atom is 0.416 e. The minimum atomic E-state index is -4.44. The van der Waals surface area contributed by atoms with E-state index in [1.807, 2.05) is 0 Å². The van der Waals surface area contributed by atoms with Gasteiger partial charge in [-0.15, -0.1) is 5.92 Å².